The van der Waals surface area contributed by atoms with Crippen LogP contribution in [0.4, 0.5) is 0 Å². The average Bonchev–Trinajstić information content (AvgIpc) is 1.58. The molecular weight excluding hydrogens is 1870 g/mol. The van der Waals surface area contributed by atoms with Crippen molar-refractivity contribution in [2.45, 2.75) is 0 Å². The zero-order valence-corrected chi connectivity index (χ0v) is 82.5. The highest BCUT2D eigenvalue weighted by Crippen LogP contribution is 2.48. The Morgan fingerprint density at radius 1 is 0.167 bits per heavy atom. The fourth-order valence-electron chi connectivity index (χ4n) is 21.9. The number of hydrogen-bond donors (Lipinski definition) is 0. The van der Waals surface area contributed by atoms with Gasteiger partial charge in [0.05, 0.1) is 38.0 Å². The van der Waals surface area contributed by atoms with E-state index < -0.39 is 0 Å². The van der Waals surface area contributed by atoms with Gasteiger partial charge in [0.15, 0.2) is 11.2 Å². The van der Waals surface area contributed by atoms with E-state index in [0.717, 1.165) is 133 Å². The molecular formula is C138H86N8O2S2. The number of furan rings is 2. The first kappa shape index (κ1) is 88.2. The summed E-state index contributed by atoms with van der Waals surface area (Å²) in [4.78, 5) is 28.1. The Morgan fingerprint density at radius 3 is 0.993 bits per heavy atom. The lowest BCUT2D eigenvalue weighted by molar-refractivity contribution is 0.667. The Morgan fingerprint density at radius 2 is 0.480 bits per heavy atom. The topological polar surface area (TPSA) is 113 Å². The molecule has 0 unspecified atom stereocenters. The molecule has 9 aromatic heterocycles. The zero-order valence-electron chi connectivity index (χ0n) is 80.9. The minimum atomic E-state index is 0.692. The number of thiophene rings is 2. The molecule has 30 rings (SSSR count). The molecule has 702 valence electrons. The Balaban J connectivity index is 0.000000111. The van der Waals surface area contributed by atoms with Gasteiger partial charge >= 0.3 is 0 Å². The number of hydrogen-bond acceptors (Lipinski definition) is 10. The van der Waals surface area contributed by atoms with Gasteiger partial charge < -0.3 is 18.0 Å². The molecule has 0 aliphatic rings. The maximum atomic E-state index is 6.64. The summed E-state index contributed by atoms with van der Waals surface area (Å²) < 4.78 is 22.8. The predicted octanol–water partition coefficient (Wildman–Crippen LogP) is 37.8. The molecule has 0 saturated heterocycles. The highest BCUT2D eigenvalue weighted by Gasteiger charge is 2.25. The van der Waals surface area contributed by atoms with Crippen molar-refractivity contribution < 1.29 is 8.83 Å². The van der Waals surface area contributed by atoms with Crippen molar-refractivity contribution in [3.05, 3.63) is 522 Å². The number of para-hydroxylation sites is 3. The summed E-state index contributed by atoms with van der Waals surface area (Å²) in [6, 6.07) is 180. The third kappa shape index (κ3) is 16.0. The van der Waals surface area contributed by atoms with Crippen molar-refractivity contribution >= 4 is 151 Å². The predicted molar refractivity (Wildman–Crippen MR) is 626 cm³/mol. The van der Waals surface area contributed by atoms with Gasteiger partial charge in [-0.2, -0.15) is 0 Å². The Bertz CT molecular complexity index is 10200. The van der Waals surface area contributed by atoms with Crippen molar-refractivity contribution in [1.29, 1.82) is 0 Å². The van der Waals surface area contributed by atoms with Gasteiger partial charge in [0.1, 0.15) is 52.6 Å². The molecule has 0 fully saturated rings. The zero-order chi connectivity index (χ0) is 99.1. The Hall–Kier alpha value is -19.5. The molecule has 21 aromatic carbocycles. The molecule has 0 spiro atoms. The van der Waals surface area contributed by atoms with E-state index in [4.69, 9.17) is 23.8 Å². The maximum absolute atomic E-state index is 6.64. The third-order valence-electron chi connectivity index (χ3n) is 29.0. The van der Waals surface area contributed by atoms with Crippen LogP contribution in [-0.2, 0) is 0 Å². The fourth-order valence-corrected chi connectivity index (χ4v) is 24.3. The molecule has 0 N–H and O–H groups in total. The van der Waals surface area contributed by atoms with Gasteiger partial charge in [-0.25, -0.2) is 29.9 Å². The Kier molecular flexibility index (Phi) is 22.1. The van der Waals surface area contributed by atoms with Crippen molar-refractivity contribution in [3.8, 4) is 156 Å². The van der Waals surface area contributed by atoms with Crippen LogP contribution in [0.3, 0.4) is 0 Å². The molecule has 0 radical (unpaired) electrons. The van der Waals surface area contributed by atoms with Crippen LogP contribution in [0.2, 0.25) is 0 Å². The van der Waals surface area contributed by atoms with E-state index in [2.05, 4.69) is 485 Å². The largest absolute Gasteiger partial charge is 0.452 e. The molecule has 150 heavy (non-hydrogen) atoms. The van der Waals surface area contributed by atoms with E-state index in [1.165, 1.54) is 141 Å². The summed E-state index contributed by atoms with van der Waals surface area (Å²) in [6.45, 7) is 0. The summed E-state index contributed by atoms with van der Waals surface area (Å²) in [5.41, 5.74) is 41.6. The molecule has 0 saturated carbocycles. The molecule has 12 heteroatoms. The number of benzene rings is 21. The number of fused-ring (bicyclic) bond motifs is 18. The van der Waals surface area contributed by atoms with Crippen LogP contribution in [0.15, 0.2) is 531 Å². The molecule has 30 aromatic rings. The second-order valence-corrected chi connectivity index (χ2v) is 40.0. The summed E-state index contributed by atoms with van der Waals surface area (Å²) in [6.07, 6.45) is 4.96. The van der Waals surface area contributed by atoms with Crippen molar-refractivity contribution in [1.82, 2.24) is 39.0 Å². The SMILES string of the molecule is c1cc(-c2cccc(-c3ncnc4c3sc3ccccc34)c2)cc(-c2cccc3c2sc2ccccc23)c1.c1ccc(-c2ccc3c(c2)c2cc(-c4cccc(-c5ncnc6c5oc5c(-c7ccccc7)cccc56)c4)ccc2n3-c2ccccc2)cc1.c1ccc(-c2cccc(-c3ccc4c(c3)c3cc(-c5cccc(-c6ccccc6)c5)ccc3n4-c3cccc(-c4cccc(-c5ncnc6c5oc5ccccc56)c4)c3)c2)cc1. The van der Waals surface area contributed by atoms with Crippen molar-refractivity contribution in [2.75, 3.05) is 0 Å². The van der Waals surface area contributed by atoms with E-state index in [1.807, 2.05) is 53.8 Å². The van der Waals surface area contributed by atoms with Crippen molar-refractivity contribution in [3.63, 3.8) is 0 Å². The number of rotatable bonds is 15. The van der Waals surface area contributed by atoms with Gasteiger partial charge in [0.25, 0.3) is 0 Å². The lowest BCUT2D eigenvalue weighted by atomic mass is 9.96. The Labute approximate surface area is 871 Å². The first-order chi connectivity index (χ1) is 74.3. The minimum Gasteiger partial charge on any atom is -0.452 e. The monoisotopic (exact) mass is 1950 g/mol. The number of nitrogens with zero attached hydrogens (tertiary/aromatic N) is 8. The summed E-state index contributed by atoms with van der Waals surface area (Å²) in [5, 5.41) is 10.7. The van der Waals surface area contributed by atoms with Crippen LogP contribution < -0.4 is 0 Å². The smallest absolute Gasteiger partial charge is 0.180 e. The average molecular weight is 1950 g/mol. The standard InChI is InChI=1S/C58H37N3O.C46H29N3O.C34H20N2S2/c1-3-13-38(14-4-1)40-17-9-19-42(31-40)46-27-29-53-51(35-46)52-36-47(43-20-10-18-41(32-43)39-15-5-2-6-16-39)28-30-54(52)61(53)49-24-12-22-45(34-49)44-21-11-23-48(33-44)56-58-57(60-37-59-56)50-25-7-8-26-55(50)62-58;1-4-12-30(13-5-1)33-22-24-41-39(27-33)40-28-34(23-25-42(40)49(41)36-18-8-3-9-19-36)32-16-10-17-35(26-32)43-46-44(48-29-47-43)38-21-11-20-37(45(38)50-46)31-14-6-2-7-15-31;1-3-16-29-26(12-1)27-15-7-14-25(33(27)37-29)23-10-5-8-21(18-23)22-9-6-11-24(19-22)31-34-32(36-20-35-31)28-13-2-4-17-30(28)38-34/h1-37H;1-29H;1-20H. The van der Waals surface area contributed by atoms with E-state index >= 15 is 0 Å². The lowest BCUT2D eigenvalue weighted by Gasteiger charge is -2.12. The van der Waals surface area contributed by atoms with Gasteiger partial charge in [-0.05, 0) is 245 Å². The van der Waals surface area contributed by atoms with E-state index in [0.29, 0.717) is 11.2 Å². The van der Waals surface area contributed by atoms with E-state index in [1.54, 1.807) is 30.3 Å². The summed E-state index contributed by atoms with van der Waals surface area (Å²) in [7, 11) is 0. The summed E-state index contributed by atoms with van der Waals surface area (Å²) in [5.74, 6) is 0. The molecule has 0 aliphatic heterocycles. The normalized spacial score (nSPS) is 11.6. The van der Waals surface area contributed by atoms with Gasteiger partial charge in [-0.15, -0.1) is 22.7 Å². The van der Waals surface area contributed by atoms with Crippen LogP contribution in [0.5, 0.6) is 0 Å². The van der Waals surface area contributed by atoms with Crippen LogP contribution in [0.25, 0.3) is 285 Å². The van der Waals surface area contributed by atoms with Gasteiger partial charge in [-0.1, -0.05) is 364 Å². The third-order valence-corrected chi connectivity index (χ3v) is 31.4. The van der Waals surface area contributed by atoms with E-state index in [-0.39, 0.29) is 0 Å². The first-order valence-corrected chi connectivity index (χ1v) is 52.0. The molecule has 10 nitrogen and oxygen atoms in total. The van der Waals surface area contributed by atoms with Crippen LogP contribution >= 0.6 is 22.7 Å². The van der Waals surface area contributed by atoms with Gasteiger partial charge in [-0.3, -0.25) is 0 Å². The summed E-state index contributed by atoms with van der Waals surface area (Å²) >= 11 is 3.64. The van der Waals surface area contributed by atoms with Crippen LogP contribution in [-0.4, -0.2) is 39.0 Å². The van der Waals surface area contributed by atoms with Crippen molar-refractivity contribution in [2.24, 2.45) is 0 Å². The highest BCUT2D eigenvalue weighted by molar-refractivity contribution is 7.26. The second-order valence-electron chi connectivity index (χ2n) is 37.9. The fraction of sp³-hybridized carbons (Fsp3) is 0. The minimum absolute atomic E-state index is 0.692. The molecule has 0 aliphatic carbocycles. The lowest BCUT2D eigenvalue weighted by Crippen LogP contribution is -1.95. The molecule has 0 atom stereocenters. The molecule has 9 heterocycles. The van der Waals surface area contributed by atoms with Gasteiger partial charge in [0, 0.05) is 96.2 Å². The first-order valence-electron chi connectivity index (χ1n) is 50.3. The second kappa shape index (κ2) is 37.6. The quantitative estimate of drug-likeness (QED) is 0.0997. The van der Waals surface area contributed by atoms with Crippen LogP contribution in [0, 0.1) is 0 Å². The van der Waals surface area contributed by atoms with Crippen LogP contribution in [0.1, 0.15) is 0 Å². The molecule has 0 bridgehead atoms. The van der Waals surface area contributed by atoms with E-state index in [9.17, 15) is 0 Å². The number of aromatic nitrogens is 8. The van der Waals surface area contributed by atoms with Gasteiger partial charge in [0.2, 0.25) is 0 Å². The molecule has 0 amide bonds. The maximum Gasteiger partial charge on any atom is 0.180 e. The highest BCUT2D eigenvalue weighted by atomic mass is 32.1.